The van der Waals surface area contributed by atoms with E-state index in [-0.39, 0.29) is 16.8 Å². The monoisotopic (exact) mass is 450 g/mol. The first kappa shape index (κ1) is 19.9. The first-order valence-corrected chi connectivity index (χ1v) is 11.2. The second-order valence-electron chi connectivity index (χ2n) is 7.00. The summed E-state index contributed by atoms with van der Waals surface area (Å²) in [7, 11) is -3.65. The van der Waals surface area contributed by atoms with Crippen LogP contribution in [0.15, 0.2) is 57.9 Å². The highest BCUT2D eigenvalue weighted by molar-refractivity contribution is 9.10. The fourth-order valence-electron chi connectivity index (χ4n) is 2.92. The Balaban J connectivity index is 1.74. The maximum atomic E-state index is 12.6. The molecule has 3 rings (SSSR count). The minimum Gasteiger partial charge on any atom is -0.353 e. The Morgan fingerprint density at radius 2 is 1.70 bits per heavy atom. The summed E-state index contributed by atoms with van der Waals surface area (Å²) in [5.41, 5.74) is 0.932. The van der Waals surface area contributed by atoms with Gasteiger partial charge in [0.1, 0.15) is 0 Å². The smallest absolute Gasteiger partial charge is 0.261 e. The Kier molecular flexibility index (Phi) is 5.63. The molecule has 0 aromatic heterocycles. The van der Waals surface area contributed by atoms with Crippen molar-refractivity contribution in [2.45, 2.75) is 49.5 Å². The fraction of sp³-hybridized carbons (Fsp3) is 0.350. The number of nitrogens with one attached hydrogen (secondary N) is 2. The van der Waals surface area contributed by atoms with E-state index in [1.54, 1.807) is 36.4 Å². The van der Waals surface area contributed by atoms with Gasteiger partial charge in [0, 0.05) is 16.2 Å². The van der Waals surface area contributed by atoms with Crippen LogP contribution in [-0.4, -0.2) is 20.4 Å². The van der Waals surface area contributed by atoms with E-state index >= 15 is 0 Å². The average Bonchev–Trinajstić information content (AvgIpc) is 3.44. The maximum absolute atomic E-state index is 12.6. The number of carbonyl (C=O) groups excluding carboxylic acids is 1. The lowest BCUT2D eigenvalue weighted by molar-refractivity contribution is -0.124. The average molecular weight is 451 g/mol. The first-order valence-electron chi connectivity index (χ1n) is 8.97. The summed E-state index contributed by atoms with van der Waals surface area (Å²) in [5.74, 6) is 0.0556. The van der Waals surface area contributed by atoms with Crippen LogP contribution in [0.3, 0.4) is 0 Å². The van der Waals surface area contributed by atoms with Gasteiger partial charge in [-0.2, -0.15) is 0 Å². The Morgan fingerprint density at radius 1 is 1.11 bits per heavy atom. The Morgan fingerprint density at radius 3 is 2.22 bits per heavy atom. The summed E-state index contributed by atoms with van der Waals surface area (Å²) in [5, 5.41) is 3.06. The van der Waals surface area contributed by atoms with Gasteiger partial charge in [0.25, 0.3) is 10.0 Å². The van der Waals surface area contributed by atoms with Crippen molar-refractivity contribution >= 4 is 37.5 Å². The zero-order valence-corrected chi connectivity index (χ0v) is 17.7. The van der Waals surface area contributed by atoms with Crippen LogP contribution >= 0.6 is 15.9 Å². The molecule has 1 aliphatic rings. The number of carbonyl (C=O) groups is 1. The molecule has 2 N–H and O–H groups in total. The molecule has 144 valence electrons. The standard InChI is InChI=1S/C20H23BrN2O3S/c1-3-14(2)22-19(24)20(12-13-20)15-4-8-17(9-5-15)23-27(25,26)18-10-6-16(21)7-11-18/h4-11,14,23H,3,12-13H2,1-2H3,(H,22,24). The number of anilines is 1. The molecule has 1 aliphatic carbocycles. The van der Waals surface area contributed by atoms with Crippen molar-refractivity contribution in [1.29, 1.82) is 0 Å². The van der Waals surface area contributed by atoms with Gasteiger partial charge in [0.2, 0.25) is 5.91 Å². The van der Waals surface area contributed by atoms with Crippen LogP contribution in [0.2, 0.25) is 0 Å². The number of halogens is 1. The topological polar surface area (TPSA) is 75.3 Å². The lowest BCUT2D eigenvalue weighted by atomic mass is 9.94. The van der Waals surface area contributed by atoms with Gasteiger partial charge in [0.15, 0.2) is 0 Å². The summed E-state index contributed by atoms with van der Waals surface area (Å²) in [6.45, 7) is 4.03. The van der Waals surface area contributed by atoms with Crippen LogP contribution < -0.4 is 10.0 Å². The Hall–Kier alpha value is -1.86. The predicted octanol–water partition coefficient (Wildman–Crippen LogP) is 4.20. The molecule has 7 heteroatoms. The van der Waals surface area contributed by atoms with Crippen molar-refractivity contribution in [2.75, 3.05) is 4.72 Å². The normalized spacial score (nSPS) is 16.4. The van der Waals surface area contributed by atoms with Crippen molar-refractivity contribution in [1.82, 2.24) is 5.32 Å². The van der Waals surface area contributed by atoms with Crippen molar-refractivity contribution in [3.63, 3.8) is 0 Å². The molecule has 1 saturated carbocycles. The molecule has 5 nitrogen and oxygen atoms in total. The maximum Gasteiger partial charge on any atom is 0.261 e. The molecule has 0 bridgehead atoms. The van der Waals surface area contributed by atoms with Crippen LogP contribution in [0.25, 0.3) is 0 Å². The second-order valence-corrected chi connectivity index (χ2v) is 9.60. The molecule has 0 heterocycles. The third kappa shape index (κ3) is 4.35. The van der Waals surface area contributed by atoms with Gasteiger partial charge >= 0.3 is 0 Å². The quantitative estimate of drug-likeness (QED) is 0.663. The number of hydrogen-bond acceptors (Lipinski definition) is 3. The van der Waals surface area contributed by atoms with Crippen LogP contribution in [-0.2, 0) is 20.2 Å². The van der Waals surface area contributed by atoms with E-state index in [4.69, 9.17) is 0 Å². The zero-order chi connectivity index (χ0) is 19.7. The zero-order valence-electron chi connectivity index (χ0n) is 15.3. The van der Waals surface area contributed by atoms with E-state index < -0.39 is 15.4 Å². The Labute approximate surface area is 168 Å². The third-order valence-corrected chi connectivity index (χ3v) is 6.91. The summed E-state index contributed by atoms with van der Waals surface area (Å²) in [4.78, 5) is 12.8. The predicted molar refractivity (Wildman–Crippen MR) is 110 cm³/mol. The summed E-state index contributed by atoms with van der Waals surface area (Å²) in [6, 6.07) is 13.7. The fourth-order valence-corrected chi connectivity index (χ4v) is 4.24. The molecular formula is C20H23BrN2O3S. The number of benzene rings is 2. The number of amides is 1. The van der Waals surface area contributed by atoms with Gasteiger partial charge in [0.05, 0.1) is 10.3 Å². The molecular weight excluding hydrogens is 428 g/mol. The lowest BCUT2D eigenvalue weighted by Gasteiger charge is -2.19. The molecule has 0 aliphatic heterocycles. The van der Waals surface area contributed by atoms with E-state index in [1.807, 2.05) is 26.0 Å². The number of sulfonamides is 1. The van der Waals surface area contributed by atoms with Crippen LogP contribution in [0.5, 0.6) is 0 Å². The highest BCUT2D eigenvalue weighted by Crippen LogP contribution is 2.48. The molecule has 0 spiro atoms. The molecule has 1 unspecified atom stereocenters. The molecule has 1 atom stereocenters. The van der Waals surface area contributed by atoms with Gasteiger partial charge in [-0.3, -0.25) is 9.52 Å². The largest absolute Gasteiger partial charge is 0.353 e. The number of rotatable bonds is 7. The van der Waals surface area contributed by atoms with E-state index in [0.717, 1.165) is 29.3 Å². The Bertz CT molecular complexity index is 921. The van der Waals surface area contributed by atoms with Gasteiger partial charge in [-0.1, -0.05) is 35.0 Å². The van der Waals surface area contributed by atoms with Crippen molar-refractivity contribution in [2.24, 2.45) is 0 Å². The minimum atomic E-state index is -3.65. The van der Waals surface area contributed by atoms with Crippen molar-refractivity contribution < 1.29 is 13.2 Å². The van der Waals surface area contributed by atoms with E-state index in [9.17, 15) is 13.2 Å². The second kappa shape index (κ2) is 7.64. The highest BCUT2D eigenvalue weighted by Gasteiger charge is 2.51. The van der Waals surface area contributed by atoms with E-state index in [2.05, 4.69) is 26.0 Å². The SMILES string of the molecule is CCC(C)NC(=O)C1(c2ccc(NS(=O)(=O)c3ccc(Br)cc3)cc2)CC1. The molecule has 1 amide bonds. The summed E-state index contributed by atoms with van der Waals surface area (Å²) < 4.78 is 28.4. The summed E-state index contributed by atoms with van der Waals surface area (Å²) in [6.07, 6.45) is 2.52. The van der Waals surface area contributed by atoms with Gasteiger partial charge in [-0.15, -0.1) is 0 Å². The molecule has 27 heavy (non-hydrogen) atoms. The highest BCUT2D eigenvalue weighted by atomic mass is 79.9. The van der Waals surface area contributed by atoms with Crippen molar-refractivity contribution in [3.05, 3.63) is 58.6 Å². The van der Waals surface area contributed by atoms with Crippen LogP contribution in [0.4, 0.5) is 5.69 Å². The molecule has 1 fully saturated rings. The van der Waals surface area contributed by atoms with Gasteiger partial charge in [-0.25, -0.2) is 8.42 Å². The number of hydrogen-bond donors (Lipinski definition) is 2. The molecule has 2 aromatic rings. The van der Waals surface area contributed by atoms with E-state index in [1.165, 1.54) is 0 Å². The summed E-state index contributed by atoms with van der Waals surface area (Å²) >= 11 is 3.29. The molecule has 2 aromatic carbocycles. The third-order valence-electron chi connectivity index (χ3n) is 4.99. The van der Waals surface area contributed by atoms with Crippen LogP contribution in [0.1, 0.15) is 38.7 Å². The van der Waals surface area contributed by atoms with Crippen molar-refractivity contribution in [3.8, 4) is 0 Å². The van der Waals surface area contributed by atoms with Gasteiger partial charge in [-0.05, 0) is 68.1 Å². The van der Waals surface area contributed by atoms with Gasteiger partial charge < -0.3 is 5.32 Å². The van der Waals surface area contributed by atoms with Crippen LogP contribution in [0, 0.1) is 0 Å². The molecule has 0 saturated heterocycles. The molecule has 0 radical (unpaired) electrons. The van der Waals surface area contributed by atoms with E-state index in [0.29, 0.717) is 5.69 Å². The minimum absolute atomic E-state index is 0.0556. The first-order chi connectivity index (χ1) is 12.8. The lowest BCUT2D eigenvalue weighted by Crippen LogP contribution is -2.39.